The summed E-state index contributed by atoms with van der Waals surface area (Å²) in [4.78, 5) is 24.8. The third-order valence-electron chi connectivity index (χ3n) is 4.38. The van der Waals surface area contributed by atoms with Crippen LogP contribution < -0.4 is 9.62 Å². The van der Waals surface area contributed by atoms with Gasteiger partial charge in [0.2, 0.25) is 15.9 Å². The van der Waals surface area contributed by atoms with E-state index in [0.717, 1.165) is 14.3 Å². The first-order valence-corrected chi connectivity index (χ1v) is 10.7. The second-order valence-corrected chi connectivity index (χ2v) is 9.85. The summed E-state index contributed by atoms with van der Waals surface area (Å²) in [6.07, 6.45) is 0. The molecular weight excluding hydrogens is 432 g/mol. The fourth-order valence-electron chi connectivity index (χ4n) is 2.88. The van der Waals surface area contributed by atoms with Crippen molar-refractivity contribution in [1.29, 1.82) is 0 Å². The quantitative estimate of drug-likeness (QED) is 0.771. The van der Waals surface area contributed by atoms with Gasteiger partial charge < -0.3 is 5.32 Å². The third kappa shape index (κ3) is 3.77. The molecule has 1 aliphatic heterocycles. The van der Waals surface area contributed by atoms with E-state index in [2.05, 4.69) is 21.2 Å². The lowest BCUT2D eigenvalue weighted by Gasteiger charge is -2.17. The number of hydrogen-bond donors (Lipinski definition) is 1. The Balaban J connectivity index is 1.82. The largest absolute Gasteiger partial charge is 0.322 e. The van der Waals surface area contributed by atoms with Gasteiger partial charge in [-0.2, -0.15) is 0 Å². The van der Waals surface area contributed by atoms with E-state index in [9.17, 15) is 18.0 Å². The molecular formula is C19H19BrN2O4S. The number of nitrogens with one attached hydrogen (secondary N) is 1. The van der Waals surface area contributed by atoms with Crippen molar-refractivity contribution < 1.29 is 18.0 Å². The SMILES string of the molecule is Cc1ccc(NC(=O)c2ccc(N3C(=O)C(C)(C)CS3(=O)=O)cc2)cc1Br. The Morgan fingerprint density at radius 2 is 1.78 bits per heavy atom. The molecule has 0 unspecified atom stereocenters. The summed E-state index contributed by atoms with van der Waals surface area (Å²) < 4.78 is 26.4. The maximum atomic E-state index is 12.4. The summed E-state index contributed by atoms with van der Waals surface area (Å²) in [5.74, 6) is -1.03. The first-order chi connectivity index (χ1) is 12.5. The van der Waals surface area contributed by atoms with Gasteiger partial charge in [-0.1, -0.05) is 22.0 Å². The second kappa shape index (κ2) is 6.76. The smallest absolute Gasteiger partial charge is 0.255 e. The average molecular weight is 451 g/mol. The molecule has 0 saturated carbocycles. The van der Waals surface area contributed by atoms with Crippen molar-refractivity contribution in [2.75, 3.05) is 15.4 Å². The molecule has 0 aliphatic carbocycles. The molecule has 0 aromatic heterocycles. The molecule has 0 spiro atoms. The first kappa shape index (κ1) is 19.6. The Kier molecular flexibility index (Phi) is 4.90. The highest BCUT2D eigenvalue weighted by Gasteiger charge is 2.49. The van der Waals surface area contributed by atoms with Crippen molar-refractivity contribution in [3.8, 4) is 0 Å². The van der Waals surface area contributed by atoms with Gasteiger partial charge in [0.25, 0.3) is 5.91 Å². The molecule has 27 heavy (non-hydrogen) atoms. The Hall–Kier alpha value is -2.19. The number of halogens is 1. The zero-order valence-electron chi connectivity index (χ0n) is 15.1. The number of benzene rings is 2. The Morgan fingerprint density at radius 1 is 1.15 bits per heavy atom. The lowest BCUT2D eigenvalue weighted by Crippen LogP contribution is -2.32. The van der Waals surface area contributed by atoms with Crippen LogP contribution in [0.15, 0.2) is 46.9 Å². The zero-order chi connectivity index (χ0) is 20.0. The molecule has 3 rings (SSSR count). The van der Waals surface area contributed by atoms with Crippen LogP contribution in [-0.2, 0) is 14.8 Å². The molecule has 6 nitrogen and oxygen atoms in total. The highest BCUT2D eigenvalue weighted by atomic mass is 79.9. The molecule has 1 fully saturated rings. The third-order valence-corrected chi connectivity index (χ3v) is 7.25. The molecule has 0 atom stereocenters. The number of carbonyl (C=O) groups is 2. The zero-order valence-corrected chi connectivity index (χ0v) is 17.5. The van der Waals surface area contributed by atoms with E-state index in [0.29, 0.717) is 11.3 Å². The van der Waals surface area contributed by atoms with Crippen LogP contribution in [0.5, 0.6) is 0 Å². The van der Waals surface area contributed by atoms with E-state index >= 15 is 0 Å². The van der Waals surface area contributed by atoms with Gasteiger partial charge in [0.05, 0.1) is 16.9 Å². The van der Waals surface area contributed by atoms with Gasteiger partial charge in [0.15, 0.2) is 0 Å². The van der Waals surface area contributed by atoms with Crippen molar-refractivity contribution in [3.63, 3.8) is 0 Å². The van der Waals surface area contributed by atoms with E-state index in [4.69, 9.17) is 0 Å². The minimum absolute atomic E-state index is 0.233. The number of sulfonamides is 1. The summed E-state index contributed by atoms with van der Waals surface area (Å²) in [5, 5.41) is 2.79. The molecule has 8 heteroatoms. The van der Waals surface area contributed by atoms with Gasteiger partial charge in [0.1, 0.15) is 0 Å². The molecule has 1 saturated heterocycles. The topological polar surface area (TPSA) is 83.6 Å². The van der Waals surface area contributed by atoms with E-state index in [1.54, 1.807) is 26.0 Å². The maximum absolute atomic E-state index is 12.4. The Morgan fingerprint density at radius 3 is 2.30 bits per heavy atom. The number of carbonyl (C=O) groups excluding carboxylic acids is 2. The van der Waals surface area contributed by atoms with Crippen molar-refractivity contribution in [2.24, 2.45) is 5.41 Å². The summed E-state index contributed by atoms with van der Waals surface area (Å²) in [7, 11) is -3.71. The Labute approximate surface area is 166 Å². The van der Waals surface area contributed by atoms with Crippen LogP contribution in [0.25, 0.3) is 0 Å². The number of anilines is 2. The normalized spacial score (nSPS) is 17.8. The van der Waals surface area contributed by atoms with Crippen molar-refractivity contribution in [3.05, 3.63) is 58.1 Å². The number of aryl methyl sites for hydroxylation is 1. The van der Waals surface area contributed by atoms with Crippen LogP contribution in [0, 0.1) is 12.3 Å². The molecule has 1 aliphatic rings. The van der Waals surface area contributed by atoms with Crippen molar-refractivity contribution >= 4 is 49.1 Å². The second-order valence-electron chi connectivity index (χ2n) is 7.17. The maximum Gasteiger partial charge on any atom is 0.255 e. The summed E-state index contributed by atoms with van der Waals surface area (Å²) in [6.45, 7) is 5.16. The first-order valence-electron chi connectivity index (χ1n) is 8.26. The van der Waals surface area contributed by atoms with Crippen LogP contribution in [0.1, 0.15) is 29.8 Å². The number of amides is 2. The van der Waals surface area contributed by atoms with Gasteiger partial charge >= 0.3 is 0 Å². The number of hydrogen-bond acceptors (Lipinski definition) is 4. The standard InChI is InChI=1S/C19H19BrN2O4S/c1-12-4-7-14(10-16(12)20)21-17(23)13-5-8-15(9-6-13)22-18(24)19(2,3)11-27(22,25)26/h4-10H,11H2,1-3H3,(H,21,23). The monoisotopic (exact) mass is 450 g/mol. The van der Waals surface area contributed by atoms with Crippen LogP contribution in [0.2, 0.25) is 0 Å². The van der Waals surface area contributed by atoms with Crippen LogP contribution >= 0.6 is 15.9 Å². The van der Waals surface area contributed by atoms with Gasteiger partial charge in [-0.05, 0) is 62.7 Å². The summed E-state index contributed by atoms with van der Waals surface area (Å²) in [6, 6.07) is 11.4. The molecule has 1 heterocycles. The summed E-state index contributed by atoms with van der Waals surface area (Å²) in [5.41, 5.74) is 1.32. The lowest BCUT2D eigenvalue weighted by atomic mass is 9.95. The van der Waals surface area contributed by atoms with Crippen LogP contribution in [-0.4, -0.2) is 26.0 Å². The van der Waals surface area contributed by atoms with Gasteiger partial charge in [-0.15, -0.1) is 0 Å². The predicted molar refractivity (Wildman–Crippen MR) is 108 cm³/mol. The number of rotatable bonds is 3. The highest BCUT2D eigenvalue weighted by molar-refractivity contribution is 9.10. The fraction of sp³-hybridized carbons (Fsp3) is 0.263. The molecule has 142 valence electrons. The fourth-order valence-corrected chi connectivity index (χ4v) is 5.37. The molecule has 2 amide bonds. The van der Waals surface area contributed by atoms with E-state index < -0.39 is 21.3 Å². The van der Waals surface area contributed by atoms with E-state index in [1.807, 2.05) is 13.0 Å². The Bertz CT molecular complexity index is 1030. The van der Waals surface area contributed by atoms with Gasteiger partial charge in [-0.3, -0.25) is 9.59 Å². The predicted octanol–water partition coefficient (Wildman–Crippen LogP) is 3.71. The van der Waals surface area contributed by atoms with E-state index in [-0.39, 0.29) is 17.3 Å². The van der Waals surface area contributed by atoms with Crippen molar-refractivity contribution in [1.82, 2.24) is 0 Å². The molecule has 1 N–H and O–H groups in total. The van der Waals surface area contributed by atoms with Gasteiger partial charge in [0, 0.05) is 15.7 Å². The molecule has 2 aromatic carbocycles. The summed E-state index contributed by atoms with van der Waals surface area (Å²) >= 11 is 3.42. The minimum Gasteiger partial charge on any atom is -0.322 e. The van der Waals surface area contributed by atoms with Crippen LogP contribution in [0.4, 0.5) is 11.4 Å². The van der Waals surface area contributed by atoms with Gasteiger partial charge in [-0.25, -0.2) is 12.7 Å². The van der Waals surface area contributed by atoms with Crippen molar-refractivity contribution in [2.45, 2.75) is 20.8 Å². The average Bonchev–Trinajstić information content (AvgIpc) is 2.74. The number of nitrogens with zero attached hydrogens (tertiary/aromatic N) is 1. The lowest BCUT2D eigenvalue weighted by molar-refractivity contribution is -0.123. The highest BCUT2D eigenvalue weighted by Crippen LogP contribution is 2.35. The molecule has 2 aromatic rings. The van der Waals surface area contributed by atoms with Crippen LogP contribution in [0.3, 0.4) is 0 Å². The molecule has 0 bridgehead atoms. The molecule has 0 radical (unpaired) electrons. The minimum atomic E-state index is -3.71. The van der Waals surface area contributed by atoms with E-state index in [1.165, 1.54) is 24.3 Å².